The number of ether oxygens (including phenoxy) is 1. The second kappa shape index (κ2) is 8.12. The summed E-state index contributed by atoms with van der Waals surface area (Å²) in [6.07, 6.45) is 0. The molecule has 0 amide bonds. The number of nitrogens with zero attached hydrogens (tertiary/aromatic N) is 1. The number of hydrogen-bond acceptors (Lipinski definition) is 2. The van der Waals surface area contributed by atoms with Crippen molar-refractivity contribution in [2.45, 2.75) is 13.1 Å². The third-order valence-electron chi connectivity index (χ3n) is 3.27. The van der Waals surface area contributed by atoms with E-state index in [0.29, 0.717) is 12.5 Å². The number of aliphatic imine (C=N–C) groups is 1. The lowest BCUT2D eigenvalue weighted by atomic mass is 10.2. The summed E-state index contributed by atoms with van der Waals surface area (Å²) in [5.74, 6) is 0.343. The lowest BCUT2D eigenvalue weighted by molar-refractivity contribution is 0.414. The quantitative estimate of drug-likeness (QED) is 0.658. The number of hydrogen-bond donors (Lipinski definition) is 2. The minimum atomic E-state index is -0.470. The summed E-state index contributed by atoms with van der Waals surface area (Å²) >= 11 is 0. The van der Waals surface area contributed by atoms with Gasteiger partial charge < -0.3 is 15.4 Å². The van der Waals surface area contributed by atoms with Crippen LogP contribution in [-0.4, -0.2) is 20.1 Å². The van der Waals surface area contributed by atoms with Crippen LogP contribution in [0, 0.1) is 11.6 Å². The van der Waals surface area contributed by atoms with Crippen molar-refractivity contribution in [1.82, 2.24) is 10.6 Å². The van der Waals surface area contributed by atoms with Crippen LogP contribution in [0.1, 0.15) is 11.1 Å². The maximum absolute atomic E-state index is 13.6. The molecule has 0 aromatic heterocycles. The SMILES string of the molecule is CN=C(NCc1cccc(OC)c1)NCc1cc(F)ccc1F. The molecular formula is C17H19F2N3O. The molecule has 2 aromatic carbocycles. The lowest BCUT2D eigenvalue weighted by Crippen LogP contribution is -2.36. The highest BCUT2D eigenvalue weighted by atomic mass is 19.1. The molecule has 122 valence electrons. The highest BCUT2D eigenvalue weighted by molar-refractivity contribution is 5.79. The minimum absolute atomic E-state index is 0.140. The van der Waals surface area contributed by atoms with E-state index in [0.717, 1.165) is 29.5 Å². The Morgan fingerprint density at radius 3 is 2.61 bits per heavy atom. The summed E-state index contributed by atoms with van der Waals surface area (Å²) in [6, 6.07) is 11.0. The van der Waals surface area contributed by atoms with E-state index < -0.39 is 11.6 Å². The summed E-state index contributed by atoms with van der Waals surface area (Å²) in [5.41, 5.74) is 1.26. The topological polar surface area (TPSA) is 45.7 Å². The Hall–Kier alpha value is -2.63. The molecule has 0 fully saturated rings. The highest BCUT2D eigenvalue weighted by Gasteiger charge is 2.05. The molecule has 2 N–H and O–H groups in total. The normalized spacial score (nSPS) is 11.2. The Labute approximate surface area is 134 Å². The van der Waals surface area contributed by atoms with Gasteiger partial charge in [0.15, 0.2) is 5.96 Å². The number of halogens is 2. The Bertz CT molecular complexity index is 689. The second-order valence-electron chi connectivity index (χ2n) is 4.87. The lowest BCUT2D eigenvalue weighted by Gasteiger charge is -2.13. The van der Waals surface area contributed by atoms with Crippen LogP contribution in [-0.2, 0) is 13.1 Å². The van der Waals surface area contributed by atoms with Gasteiger partial charge in [0, 0.05) is 25.7 Å². The number of guanidine groups is 1. The Balaban J connectivity index is 1.91. The zero-order chi connectivity index (χ0) is 16.7. The first-order chi connectivity index (χ1) is 11.1. The standard InChI is InChI=1S/C17H19F2N3O/c1-20-17(21-10-12-4-3-5-15(8-12)23-2)22-11-13-9-14(18)6-7-16(13)19/h3-9H,10-11H2,1-2H3,(H2,20,21,22). The molecule has 0 unspecified atom stereocenters. The van der Waals surface area contributed by atoms with Crippen LogP contribution in [0.3, 0.4) is 0 Å². The van der Waals surface area contributed by atoms with Gasteiger partial charge in [-0.3, -0.25) is 4.99 Å². The fraction of sp³-hybridized carbons (Fsp3) is 0.235. The van der Waals surface area contributed by atoms with E-state index in [9.17, 15) is 8.78 Å². The zero-order valence-corrected chi connectivity index (χ0v) is 13.1. The van der Waals surface area contributed by atoms with Gasteiger partial charge >= 0.3 is 0 Å². The van der Waals surface area contributed by atoms with Crippen LogP contribution in [0.2, 0.25) is 0 Å². The molecule has 0 aliphatic heterocycles. The molecule has 0 radical (unpaired) electrons. The van der Waals surface area contributed by atoms with Gasteiger partial charge in [0.05, 0.1) is 7.11 Å². The molecule has 0 saturated heterocycles. The van der Waals surface area contributed by atoms with Gasteiger partial charge in [0.25, 0.3) is 0 Å². The van der Waals surface area contributed by atoms with Crippen molar-refractivity contribution in [2.75, 3.05) is 14.2 Å². The molecule has 0 bridgehead atoms. The average Bonchev–Trinajstić information content (AvgIpc) is 2.58. The van der Waals surface area contributed by atoms with Crippen LogP contribution < -0.4 is 15.4 Å². The van der Waals surface area contributed by atoms with Gasteiger partial charge in [0.1, 0.15) is 17.4 Å². The fourth-order valence-electron chi connectivity index (χ4n) is 2.05. The second-order valence-corrected chi connectivity index (χ2v) is 4.87. The van der Waals surface area contributed by atoms with Crippen LogP contribution >= 0.6 is 0 Å². The fourth-order valence-corrected chi connectivity index (χ4v) is 2.05. The molecule has 0 aliphatic rings. The highest BCUT2D eigenvalue weighted by Crippen LogP contribution is 2.12. The van der Waals surface area contributed by atoms with Gasteiger partial charge in [-0.2, -0.15) is 0 Å². The van der Waals surface area contributed by atoms with E-state index >= 15 is 0 Å². The maximum Gasteiger partial charge on any atom is 0.191 e. The smallest absolute Gasteiger partial charge is 0.191 e. The average molecular weight is 319 g/mol. The van der Waals surface area contributed by atoms with Gasteiger partial charge in [-0.05, 0) is 35.9 Å². The van der Waals surface area contributed by atoms with E-state index in [1.54, 1.807) is 14.2 Å². The first-order valence-electron chi connectivity index (χ1n) is 7.13. The number of rotatable bonds is 5. The molecule has 2 rings (SSSR count). The number of nitrogens with one attached hydrogen (secondary N) is 2. The van der Waals surface area contributed by atoms with Gasteiger partial charge in [-0.1, -0.05) is 12.1 Å². The van der Waals surface area contributed by atoms with Crippen molar-refractivity contribution in [3.63, 3.8) is 0 Å². The van der Waals surface area contributed by atoms with E-state index in [2.05, 4.69) is 15.6 Å². The zero-order valence-electron chi connectivity index (χ0n) is 13.1. The number of methoxy groups -OCH3 is 1. The Morgan fingerprint density at radius 2 is 1.87 bits per heavy atom. The minimum Gasteiger partial charge on any atom is -0.497 e. The van der Waals surface area contributed by atoms with Crippen molar-refractivity contribution >= 4 is 5.96 Å². The Morgan fingerprint density at radius 1 is 1.09 bits per heavy atom. The summed E-state index contributed by atoms with van der Waals surface area (Å²) in [7, 11) is 3.23. The molecule has 4 nitrogen and oxygen atoms in total. The van der Waals surface area contributed by atoms with Crippen LogP contribution in [0.5, 0.6) is 5.75 Å². The molecule has 0 spiro atoms. The summed E-state index contributed by atoms with van der Waals surface area (Å²) in [6.45, 7) is 0.671. The van der Waals surface area contributed by atoms with E-state index in [1.807, 2.05) is 24.3 Å². The first-order valence-corrected chi connectivity index (χ1v) is 7.13. The van der Waals surface area contributed by atoms with Crippen LogP contribution in [0.15, 0.2) is 47.5 Å². The molecule has 6 heteroatoms. The molecule has 0 aliphatic carbocycles. The third kappa shape index (κ3) is 4.95. The number of benzene rings is 2. The maximum atomic E-state index is 13.6. The summed E-state index contributed by atoms with van der Waals surface area (Å²) in [5, 5.41) is 6.06. The molecule has 0 heterocycles. The molecule has 2 aromatic rings. The van der Waals surface area contributed by atoms with Crippen molar-refractivity contribution < 1.29 is 13.5 Å². The largest absolute Gasteiger partial charge is 0.497 e. The van der Waals surface area contributed by atoms with E-state index in [4.69, 9.17) is 4.74 Å². The first kappa shape index (κ1) is 16.7. The Kier molecular flexibility index (Phi) is 5.91. The van der Waals surface area contributed by atoms with Gasteiger partial charge in [0.2, 0.25) is 0 Å². The third-order valence-corrected chi connectivity index (χ3v) is 3.27. The summed E-state index contributed by atoms with van der Waals surface area (Å²) in [4.78, 5) is 4.06. The monoisotopic (exact) mass is 319 g/mol. The van der Waals surface area contributed by atoms with Gasteiger partial charge in [-0.15, -0.1) is 0 Å². The molecule has 0 saturated carbocycles. The van der Waals surface area contributed by atoms with E-state index in [-0.39, 0.29) is 12.1 Å². The molecular weight excluding hydrogens is 300 g/mol. The molecule has 0 atom stereocenters. The van der Waals surface area contributed by atoms with Crippen LogP contribution in [0.4, 0.5) is 8.78 Å². The predicted octanol–water partition coefficient (Wildman–Crippen LogP) is 2.84. The van der Waals surface area contributed by atoms with Crippen molar-refractivity contribution in [2.24, 2.45) is 4.99 Å². The van der Waals surface area contributed by atoms with Gasteiger partial charge in [-0.25, -0.2) is 8.78 Å². The molecule has 23 heavy (non-hydrogen) atoms. The van der Waals surface area contributed by atoms with Crippen molar-refractivity contribution in [1.29, 1.82) is 0 Å². The van der Waals surface area contributed by atoms with Crippen molar-refractivity contribution in [3.8, 4) is 5.75 Å². The van der Waals surface area contributed by atoms with Crippen LogP contribution in [0.25, 0.3) is 0 Å². The van der Waals surface area contributed by atoms with E-state index in [1.165, 1.54) is 0 Å². The van der Waals surface area contributed by atoms with Crippen molar-refractivity contribution in [3.05, 3.63) is 65.2 Å². The summed E-state index contributed by atoms with van der Waals surface area (Å²) < 4.78 is 31.9. The predicted molar refractivity (Wildman–Crippen MR) is 86.4 cm³/mol.